The number of imidazole rings is 1. The van der Waals surface area contributed by atoms with E-state index in [1.807, 2.05) is 0 Å². The number of benzene rings is 2. The number of nitro benzene ring substituents is 1. The van der Waals surface area contributed by atoms with Crippen LogP contribution in [0.4, 0.5) is 29.5 Å². The molecule has 0 aliphatic carbocycles. The van der Waals surface area contributed by atoms with Gasteiger partial charge in [0.25, 0.3) is 15.5 Å². The number of nitrogens with zero attached hydrogens (tertiary/aromatic N) is 6. The molecule has 1 saturated heterocycles. The van der Waals surface area contributed by atoms with Crippen molar-refractivity contribution < 1.29 is 46.4 Å². The lowest BCUT2D eigenvalue weighted by Crippen LogP contribution is -2.58. The Hall–Kier alpha value is -4.88. The van der Waals surface area contributed by atoms with Crippen molar-refractivity contribution in [2.75, 3.05) is 19.6 Å². The summed E-state index contributed by atoms with van der Waals surface area (Å²) in [7, 11) is -4.61. The Morgan fingerprint density at radius 1 is 1.04 bits per heavy atom. The third-order valence-corrected chi connectivity index (χ3v) is 9.19. The number of β-amino-alcohol motifs (C(OH)–C–C–N with tert-alkyl or cyclic N) is 1. The second kappa shape index (κ2) is 13.1. The van der Waals surface area contributed by atoms with E-state index in [0.717, 1.165) is 52.1 Å². The molecule has 0 bridgehead atoms. The zero-order valence-corrected chi connectivity index (χ0v) is 25.6. The highest BCUT2D eigenvalue weighted by molar-refractivity contribution is 7.91. The molecule has 47 heavy (non-hydrogen) atoms. The molecule has 15 nitrogen and oxygen atoms in total. The fourth-order valence-corrected chi connectivity index (χ4v) is 6.85. The number of rotatable bonds is 10. The first-order chi connectivity index (χ1) is 21.9. The Bertz CT molecular complexity index is 1790. The molecule has 1 fully saturated rings. The minimum absolute atomic E-state index is 0.0141. The SMILES string of the molecule is CC=C[C@H]1C(c2ccc(C(F)(F)F)cc2)N(CC(C)(O)Cn2cc([N+](=O)[O-])nc2S(=O)(=O)c2ccc([N+](=O)[O-])cc2)CCN1C(=O)O. The fourth-order valence-electron chi connectivity index (χ4n) is 5.50. The first-order valence-electron chi connectivity index (χ1n) is 13.8. The van der Waals surface area contributed by atoms with E-state index in [2.05, 4.69) is 4.98 Å². The maximum atomic E-state index is 13.5. The number of non-ortho nitro benzene ring substituents is 1. The highest BCUT2D eigenvalue weighted by Gasteiger charge is 2.42. The number of hydrogen-bond donors (Lipinski definition) is 2. The maximum Gasteiger partial charge on any atom is 0.416 e. The lowest BCUT2D eigenvalue weighted by atomic mass is 9.91. The molecule has 2 aromatic carbocycles. The standard InChI is InChI=1S/C28H29F3N6O9S/c1-3-4-22-24(18-5-7-19(8-6-18)28(29,30)31)33(13-14-35(22)26(38)39)16-27(2,40)17-34-15-23(37(43)44)32-25(34)47(45,46)21-11-9-20(10-12-21)36(41)42/h3-12,15,22,24,40H,13-14,16-17H2,1-2H3,(H,38,39)/t22-,24?,27?/m0/s1. The molecule has 3 atom stereocenters. The van der Waals surface area contributed by atoms with Gasteiger partial charge in [-0.2, -0.15) is 13.2 Å². The van der Waals surface area contributed by atoms with Gasteiger partial charge in [-0.3, -0.25) is 24.5 Å². The van der Waals surface area contributed by atoms with E-state index in [4.69, 9.17) is 0 Å². The van der Waals surface area contributed by atoms with Gasteiger partial charge in [-0.15, -0.1) is 0 Å². The number of halogens is 3. The maximum absolute atomic E-state index is 13.5. The molecule has 4 rings (SSSR count). The van der Waals surface area contributed by atoms with E-state index >= 15 is 0 Å². The molecule has 1 aliphatic rings. The van der Waals surface area contributed by atoms with Crippen molar-refractivity contribution in [2.24, 2.45) is 0 Å². The van der Waals surface area contributed by atoms with Gasteiger partial charge in [-0.05, 0) is 53.6 Å². The summed E-state index contributed by atoms with van der Waals surface area (Å²) in [6, 6.07) is 6.10. The van der Waals surface area contributed by atoms with Gasteiger partial charge in [-0.1, -0.05) is 24.3 Å². The molecule has 3 aromatic rings. The molecule has 0 radical (unpaired) electrons. The van der Waals surface area contributed by atoms with Crippen LogP contribution in [-0.4, -0.2) is 85.2 Å². The monoisotopic (exact) mass is 682 g/mol. The van der Waals surface area contributed by atoms with E-state index < -0.39 is 83.3 Å². The molecule has 1 aliphatic heterocycles. The van der Waals surface area contributed by atoms with Crippen LogP contribution in [0.3, 0.4) is 0 Å². The first kappa shape index (κ1) is 35.0. The summed E-state index contributed by atoms with van der Waals surface area (Å²) in [5.74, 6) is -0.855. The van der Waals surface area contributed by atoms with Crippen molar-refractivity contribution in [3.63, 3.8) is 0 Å². The number of hydrogen-bond acceptors (Lipinski definition) is 10. The molecule has 252 valence electrons. The minimum Gasteiger partial charge on any atom is -0.465 e. The Kier molecular flexibility index (Phi) is 9.74. The number of piperazine rings is 1. The average Bonchev–Trinajstić information content (AvgIpc) is 3.41. The fraction of sp³-hybridized carbons (Fsp3) is 0.357. The van der Waals surface area contributed by atoms with Crippen molar-refractivity contribution >= 4 is 27.4 Å². The third-order valence-electron chi connectivity index (χ3n) is 7.49. The zero-order valence-electron chi connectivity index (χ0n) is 24.8. The van der Waals surface area contributed by atoms with Crippen LogP contribution in [0.5, 0.6) is 0 Å². The zero-order chi connectivity index (χ0) is 34.9. The lowest BCUT2D eigenvalue weighted by Gasteiger charge is -2.47. The predicted molar refractivity (Wildman–Crippen MR) is 157 cm³/mol. The number of sulfone groups is 1. The van der Waals surface area contributed by atoms with Gasteiger partial charge >= 0.3 is 23.2 Å². The van der Waals surface area contributed by atoms with E-state index in [0.29, 0.717) is 5.56 Å². The molecule has 19 heteroatoms. The summed E-state index contributed by atoms with van der Waals surface area (Å²) in [6.45, 7) is 2.04. The largest absolute Gasteiger partial charge is 0.465 e. The molecule has 2 heterocycles. The average molecular weight is 683 g/mol. The molecule has 1 amide bonds. The summed E-state index contributed by atoms with van der Waals surface area (Å²) < 4.78 is 67.7. The summed E-state index contributed by atoms with van der Waals surface area (Å²) in [5.41, 5.74) is -2.90. The van der Waals surface area contributed by atoms with Crippen LogP contribution < -0.4 is 0 Å². The van der Waals surface area contributed by atoms with Gasteiger partial charge in [-0.25, -0.2) is 13.2 Å². The number of aliphatic hydroxyl groups is 1. The molecule has 0 spiro atoms. The number of carboxylic acid groups (broad SMARTS) is 1. The molecule has 2 unspecified atom stereocenters. The molecule has 0 saturated carbocycles. The molecular weight excluding hydrogens is 653 g/mol. The Labute approximate surface area is 265 Å². The number of carbonyl (C=O) groups is 1. The summed E-state index contributed by atoms with van der Waals surface area (Å²) >= 11 is 0. The number of nitro groups is 2. The van der Waals surface area contributed by atoms with Crippen molar-refractivity contribution in [1.82, 2.24) is 19.4 Å². The van der Waals surface area contributed by atoms with Crippen LogP contribution in [0.1, 0.15) is 31.0 Å². The second-order valence-corrected chi connectivity index (χ2v) is 12.9. The summed E-state index contributed by atoms with van der Waals surface area (Å²) in [4.78, 5) is 39.0. The Morgan fingerprint density at radius 2 is 1.66 bits per heavy atom. The summed E-state index contributed by atoms with van der Waals surface area (Å²) in [5, 5.41) is 43.2. The van der Waals surface area contributed by atoms with Gasteiger partial charge in [0.1, 0.15) is 6.20 Å². The quantitative estimate of drug-likeness (QED) is 0.176. The van der Waals surface area contributed by atoms with Crippen molar-refractivity contribution in [2.45, 2.75) is 54.3 Å². The highest BCUT2D eigenvalue weighted by Crippen LogP contribution is 2.36. The van der Waals surface area contributed by atoms with Crippen LogP contribution in [0, 0.1) is 20.2 Å². The van der Waals surface area contributed by atoms with Gasteiger partial charge in [0.15, 0.2) is 0 Å². The molecule has 1 aromatic heterocycles. The van der Waals surface area contributed by atoms with Gasteiger partial charge in [0.2, 0.25) is 0 Å². The van der Waals surface area contributed by atoms with Gasteiger partial charge in [0.05, 0.1) is 39.6 Å². The van der Waals surface area contributed by atoms with Crippen molar-refractivity contribution in [3.05, 3.63) is 98.2 Å². The van der Waals surface area contributed by atoms with E-state index in [9.17, 15) is 56.8 Å². The first-order valence-corrected chi connectivity index (χ1v) is 15.3. The van der Waals surface area contributed by atoms with Crippen molar-refractivity contribution in [3.8, 4) is 0 Å². The predicted octanol–water partition coefficient (Wildman–Crippen LogP) is 4.28. The van der Waals surface area contributed by atoms with E-state index in [1.165, 1.54) is 19.1 Å². The molecule has 2 N–H and O–H groups in total. The van der Waals surface area contributed by atoms with Gasteiger partial charge in [0, 0.05) is 31.8 Å². The number of aromatic nitrogens is 2. The van der Waals surface area contributed by atoms with Crippen LogP contribution >= 0.6 is 0 Å². The smallest absolute Gasteiger partial charge is 0.416 e. The number of allylic oxidation sites excluding steroid dienone is 1. The molecular formula is C28H29F3N6O9S. The number of amides is 1. The van der Waals surface area contributed by atoms with E-state index in [1.54, 1.807) is 24.0 Å². The topological polar surface area (TPSA) is 202 Å². The van der Waals surface area contributed by atoms with Crippen LogP contribution in [-0.2, 0) is 22.6 Å². The second-order valence-electron chi connectivity index (χ2n) is 11.0. The Morgan fingerprint density at radius 3 is 2.17 bits per heavy atom. The Balaban J connectivity index is 1.72. The third kappa shape index (κ3) is 7.58. The van der Waals surface area contributed by atoms with Gasteiger partial charge < -0.3 is 20.3 Å². The van der Waals surface area contributed by atoms with E-state index in [-0.39, 0.29) is 19.6 Å². The van der Waals surface area contributed by atoms with Crippen LogP contribution in [0.15, 0.2) is 76.9 Å². The highest BCUT2D eigenvalue weighted by atomic mass is 32.2. The lowest BCUT2D eigenvalue weighted by molar-refractivity contribution is -0.389. The number of alkyl halides is 3. The minimum atomic E-state index is -4.62. The van der Waals surface area contributed by atoms with Crippen LogP contribution in [0.2, 0.25) is 0 Å². The van der Waals surface area contributed by atoms with Crippen LogP contribution in [0.25, 0.3) is 0 Å². The summed E-state index contributed by atoms with van der Waals surface area (Å²) in [6.07, 6.45) is -1.94. The normalized spacial score (nSPS) is 19.1. The van der Waals surface area contributed by atoms with Crippen molar-refractivity contribution in [1.29, 1.82) is 0 Å².